The predicted octanol–water partition coefficient (Wildman–Crippen LogP) is 1.34. The van der Waals surface area contributed by atoms with E-state index in [0.717, 1.165) is 9.87 Å². The zero-order chi connectivity index (χ0) is 14.6. The molecule has 1 N–H and O–H groups in total. The monoisotopic (exact) mass is 305 g/mol. The molecule has 0 aliphatic rings. The summed E-state index contributed by atoms with van der Waals surface area (Å²) < 4.78 is 27.2. The van der Waals surface area contributed by atoms with Crippen molar-refractivity contribution in [3.05, 3.63) is 34.9 Å². The molecule has 0 aromatic heterocycles. The van der Waals surface area contributed by atoms with Gasteiger partial charge in [0.1, 0.15) is 0 Å². The highest BCUT2D eigenvalue weighted by atomic mass is 35.5. The Kier molecular flexibility index (Phi) is 5.76. The Balaban J connectivity index is 2.83. The second-order valence-electron chi connectivity index (χ2n) is 4.67. The lowest BCUT2D eigenvalue weighted by Crippen LogP contribution is -2.40. The van der Waals surface area contributed by atoms with Gasteiger partial charge in [0.05, 0.1) is 0 Å². The number of nitrogens with one attached hydrogen (secondary N) is 1. The third-order valence-electron chi connectivity index (χ3n) is 2.82. The van der Waals surface area contributed by atoms with Crippen LogP contribution in [0.2, 0.25) is 5.02 Å². The van der Waals surface area contributed by atoms with Gasteiger partial charge in [-0.2, -0.15) is 12.7 Å². The first-order valence-corrected chi connectivity index (χ1v) is 7.65. The van der Waals surface area contributed by atoms with Crippen LogP contribution in [0.25, 0.3) is 0 Å². The van der Waals surface area contributed by atoms with Crippen molar-refractivity contribution in [2.45, 2.75) is 6.04 Å². The molecule has 1 aromatic rings. The van der Waals surface area contributed by atoms with Gasteiger partial charge in [-0.15, -0.1) is 0 Å². The molecule has 0 radical (unpaired) electrons. The minimum atomic E-state index is -3.41. The second kappa shape index (κ2) is 6.67. The van der Waals surface area contributed by atoms with E-state index in [1.807, 2.05) is 31.1 Å². The molecule has 7 heteroatoms. The maximum Gasteiger partial charge on any atom is 0.278 e. The van der Waals surface area contributed by atoms with Crippen molar-refractivity contribution in [1.82, 2.24) is 13.9 Å². The smallest absolute Gasteiger partial charge is 0.278 e. The first kappa shape index (κ1) is 16.4. The largest absolute Gasteiger partial charge is 0.301 e. The normalized spacial score (nSPS) is 14.1. The summed E-state index contributed by atoms with van der Waals surface area (Å²) in [4.78, 5) is 1.96. The van der Waals surface area contributed by atoms with E-state index >= 15 is 0 Å². The van der Waals surface area contributed by atoms with Gasteiger partial charge in [-0.1, -0.05) is 23.7 Å². The van der Waals surface area contributed by atoms with E-state index in [4.69, 9.17) is 11.6 Å². The van der Waals surface area contributed by atoms with E-state index in [1.165, 1.54) is 14.1 Å². The van der Waals surface area contributed by atoms with Crippen LogP contribution in [0.4, 0.5) is 0 Å². The maximum atomic E-state index is 11.7. The Morgan fingerprint density at radius 3 is 2.11 bits per heavy atom. The lowest BCUT2D eigenvalue weighted by atomic mass is 10.1. The summed E-state index contributed by atoms with van der Waals surface area (Å²) >= 11 is 5.86. The molecule has 0 unspecified atom stereocenters. The summed E-state index contributed by atoms with van der Waals surface area (Å²) in [7, 11) is 3.39. The SMILES string of the molecule is CN(C)[C@@H](CNS(=O)(=O)N(C)C)c1ccc(Cl)cc1. The molecule has 0 aliphatic carbocycles. The van der Waals surface area contributed by atoms with Gasteiger partial charge in [-0.05, 0) is 31.8 Å². The minimum Gasteiger partial charge on any atom is -0.301 e. The number of benzene rings is 1. The van der Waals surface area contributed by atoms with Gasteiger partial charge in [-0.3, -0.25) is 0 Å². The highest BCUT2D eigenvalue weighted by Gasteiger charge is 2.19. The fourth-order valence-electron chi connectivity index (χ4n) is 1.60. The van der Waals surface area contributed by atoms with E-state index in [2.05, 4.69) is 4.72 Å². The zero-order valence-corrected chi connectivity index (χ0v) is 13.2. The second-order valence-corrected chi connectivity index (χ2v) is 7.07. The van der Waals surface area contributed by atoms with E-state index in [9.17, 15) is 8.42 Å². The molecule has 1 rings (SSSR count). The fraction of sp³-hybridized carbons (Fsp3) is 0.500. The van der Waals surface area contributed by atoms with Crippen molar-refractivity contribution in [2.75, 3.05) is 34.7 Å². The summed E-state index contributed by atoms with van der Waals surface area (Å²) in [5, 5.41) is 0.662. The quantitative estimate of drug-likeness (QED) is 0.863. The molecule has 0 saturated heterocycles. The van der Waals surface area contributed by atoms with Crippen molar-refractivity contribution in [1.29, 1.82) is 0 Å². The van der Waals surface area contributed by atoms with Crippen LogP contribution >= 0.6 is 11.6 Å². The Labute approximate surface area is 120 Å². The van der Waals surface area contributed by atoms with Crippen molar-refractivity contribution in [3.63, 3.8) is 0 Å². The van der Waals surface area contributed by atoms with Gasteiger partial charge in [0, 0.05) is 31.7 Å². The molecular weight excluding hydrogens is 286 g/mol. The van der Waals surface area contributed by atoms with Crippen molar-refractivity contribution < 1.29 is 8.42 Å². The molecule has 0 amide bonds. The van der Waals surface area contributed by atoms with Crippen LogP contribution in [-0.4, -0.2) is 52.4 Å². The van der Waals surface area contributed by atoms with Gasteiger partial charge in [0.15, 0.2) is 0 Å². The van der Waals surface area contributed by atoms with Crippen LogP contribution in [-0.2, 0) is 10.2 Å². The summed E-state index contributed by atoms with van der Waals surface area (Å²) in [5.74, 6) is 0. The van der Waals surface area contributed by atoms with Crippen LogP contribution in [0.15, 0.2) is 24.3 Å². The lowest BCUT2D eigenvalue weighted by Gasteiger charge is -2.25. The van der Waals surface area contributed by atoms with Crippen LogP contribution in [0.3, 0.4) is 0 Å². The summed E-state index contributed by atoms with van der Waals surface area (Å²) in [6, 6.07) is 7.35. The molecule has 0 saturated carbocycles. The van der Waals surface area contributed by atoms with Crippen LogP contribution < -0.4 is 4.72 Å². The fourth-order valence-corrected chi connectivity index (χ4v) is 2.35. The number of nitrogens with zero attached hydrogens (tertiary/aromatic N) is 2. The van der Waals surface area contributed by atoms with E-state index in [-0.39, 0.29) is 6.04 Å². The molecule has 1 aromatic carbocycles. The first-order valence-electron chi connectivity index (χ1n) is 5.83. The average Bonchev–Trinajstić information content (AvgIpc) is 2.31. The van der Waals surface area contributed by atoms with Crippen molar-refractivity contribution in [2.24, 2.45) is 0 Å². The molecule has 0 bridgehead atoms. The van der Waals surface area contributed by atoms with E-state index in [1.54, 1.807) is 12.1 Å². The molecule has 0 fully saturated rings. The number of halogens is 1. The summed E-state index contributed by atoms with van der Waals surface area (Å²) in [6.45, 7) is 0.301. The van der Waals surface area contributed by atoms with Crippen molar-refractivity contribution in [3.8, 4) is 0 Å². The Hall–Kier alpha value is -0.660. The van der Waals surface area contributed by atoms with E-state index in [0.29, 0.717) is 11.6 Å². The minimum absolute atomic E-state index is 0.0491. The number of hydrogen-bond acceptors (Lipinski definition) is 3. The number of likely N-dealkylation sites (N-methyl/N-ethyl adjacent to an activating group) is 1. The van der Waals surface area contributed by atoms with Gasteiger partial charge in [0.2, 0.25) is 0 Å². The van der Waals surface area contributed by atoms with Gasteiger partial charge >= 0.3 is 0 Å². The van der Waals surface area contributed by atoms with Gasteiger partial charge in [-0.25, -0.2) is 4.72 Å². The predicted molar refractivity (Wildman–Crippen MR) is 78.5 cm³/mol. The van der Waals surface area contributed by atoms with Gasteiger partial charge < -0.3 is 4.90 Å². The Bertz CT molecular complexity index is 500. The highest BCUT2D eigenvalue weighted by Crippen LogP contribution is 2.20. The molecule has 0 spiro atoms. The highest BCUT2D eigenvalue weighted by molar-refractivity contribution is 7.87. The maximum absolute atomic E-state index is 11.7. The lowest BCUT2D eigenvalue weighted by molar-refractivity contribution is 0.298. The van der Waals surface area contributed by atoms with Crippen LogP contribution in [0, 0.1) is 0 Å². The van der Waals surface area contributed by atoms with Gasteiger partial charge in [0.25, 0.3) is 10.2 Å². The molecule has 5 nitrogen and oxygen atoms in total. The first-order chi connectivity index (χ1) is 8.74. The zero-order valence-electron chi connectivity index (χ0n) is 11.6. The summed E-state index contributed by atoms with van der Waals surface area (Å²) in [6.07, 6.45) is 0. The third kappa shape index (κ3) is 4.74. The molecule has 108 valence electrons. The number of rotatable bonds is 6. The topological polar surface area (TPSA) is 52.7 Å². The number of hydrogen-bond donors (Lipinski definition) is 1. The third-order valence-corrected chi connectivity index (χ3v) is 4.56. The van der Waals surface area contributed by atoms with E-state index < -0.39 is 10.2 Å². The average molecular weight is 306 g/mol. The van der Waals surface area contributed by atoms with Crippen molar-refractivity contribution >= 4 is 21.8 Å². The van der Waals surface area contributed by atoms with Crippen LogP contribution in [0.5, 0.6) is 0 Å². The Morgan fingerprint density at radius 1 is 1.16 bits per heavy atom. The Morgan fingerprint density at radius 2 is 1.68 bits per heavy atom. The molecule has 19 heavy (non-hydrogen) atoms. The molecule has 0 aliphatic heterocycles. The molecule has 1 atom stereocenters. The van der Waals surface area contributed by atoms with Crippen LogP contribution in [0.1, 0.15) is 11.6 Å². The molecule has 0 heterocycles. The standard InChI is InChI=1S/C12H20ClN3O2S/c1-15(2)12(9-14-19(17,18)16(3)4)10-5-7-11(13)8-6-10/h5-8,12,14H,9H2,1-4H3/t12-/m0/s1. The molecular formula is C12H20ClN3O2S. The summed E-state index contributed by atoms with van der Waals surface area (Å²) in [5.41, 5.74) is 1.01.